The van der Waals surface area contributed by atoms with Gasteiger partial charge >= 0.3 is 0 Å². The quantitative estimate of drug-likeness (QED) is 0.881. The molecule has 3 fully saturated rings. The van der Waals surface area contributed by atoms with Crippen LogP contribution in [-0.2, 0) is 5.41 Å². The van der Waals surface area contributed by atoms with Gasteiger partial charge in [0, 0.05) is 29.8 Å². The highest BCUT2D eigenvalue weighted by molar-refractivity contribution is 5.64. The van der Waals surface area contributed by atoms with Crippen LogP contribution in [0, 0.1) is 5.41 Å². The Morgan fingerprint density at radius 2 is 2.09 bits per heavy atom. The van der Waals surface area contributed by atoms with Crippen LogP contribution in [0.1, 0.15) is 44.1 Å². The molecule has 22 heavy (non-hydrogen) atoms. The first-order valence-corrected chi connectivity index (χ1v) is 9.01. The number of anilines is 1. The first kappa shape index (κ1) is 13.4. The lowest BCUT2D eigenvalue weighted by Crippen LogP contribution is -2.63. The molecule has 2 N–H and O–H groups in total. The van der Waals surface area contributed by atoms with Gasteiger partial charge in [-0.2, -0.15) is 0 Å². The molecular weight excluding hydrogens is 272 g/mol. The van der Waals surface area contributed by atoms with Crippen LogP contribution in [-0.4, -0.2) is 41.8 Å². The molecule has 2 saturated heterocycles. The van der Waals surface area contributed by atoms with Gasteiger partial charge in [-0.15, -0.1) is 0 Å². The number of benzene rings is 1. The lowest BCUT2D eigenvalue weighted by Gasteiger charge is -2.58. The third-order valence-electron chi connectivity index (χ3n) is 7.29. The van der Waals surface area contributed by atoms with Gasteiger partial charge in [-0.3, -0.25) is 4.90 Å². The van der Waals surface area contributed by atoms with Crippen molar-refractivity contribution in [3.63, 3.8) is 0 Å². The van der Waals surface area contributed by atoms with Gasteiger partial charge in [0.15, 0.2) is 0 Å². The van der Waals surface area contributed by atoms with Gasteiger partial charge in [0.25, 0.3) is 0 Å². The van der Waals surface area contributed by atoms with Gasteiger partial charge in [-0.1, -0.05) is 18.2 Å². The normalized spacial score (nSPS) is 42.4. The summed E-state index contributed by atoms with van der Waals surface area (Å²) < 4.78 is 0. The number of para-hydroxylation sites is 1. The predicted molar refractivity (Wildman–Crippen MR) is 88.1 cm³/mol. The summed E-state index contributed by atoms with van der Waals surface area (Å²) in [5, 5.41) is 13.6. The zero-order valence-electron chi connectivity index (χ0n) is 13.2. The maximum atomic E-state index is 9.74. The summed E-state index contributed by atoms with van der Waals surface area (Å²) >= 11 is 0. The molecule has 3 nitrogen and oxygen atoms in total. The monoisotopic (exact) mass is 298 g/mol. The highest BCUT2D eigenvalue weighted by Crippen LogP contribution is 2.63. The minimum Gasteiger partial charge on any atom is -0.396 e. The van der Waals surface area contributed by atoms with E-state index in [4.69, 9.17) is 0 Å². The number of piperidine rings is 1. The summed E-state index contributed by atoms with van der Waals surface area (Å²) in [6, 6.07) is 10.2. The molecule has 0 radical (unpaired) electrons. The molecule has 0 unspecified atom stereocenters. The van der Waals surface area contributed by atoms with Gasteiger partial charge in [0.1, 0.15) is 0 Å². The van der Waals surface area contributed by atoms with E-state index in [0.717, 1.165) is 6.42 Å². The molecule has 1 aromatic carbocycles. The second-order valence-corrected chi connectivity index (χ2v) is 7.95. The molecule has 4 aliphatic rings. The van der Waals surface area contributed by atoms with Gasteiger partial charge in [0.2, 0.25) is 0 Å². The van der Waals surface area contributed by atoms with E-state index in [1.807, 2.05) is 0 Å². The Morgan fingerprint density at radius 3 is 3.00 bits per heavy atom. The molecule has 3 heterocycles. The summed E-state index contributed by atoms with van der Waals surface area (Å²) in [6.07, 6.45) is 7.45. The van der Waals surface area contributed by atoms with Crippen LogP contribution in [0.4, 0.5) is 5.69 Å². The van der Waals surface area contributed by atoms with Crippen molar-refractivity contribution in [1.82, 2.24) is 4.90 Å². The Morgan fingerprint density at radius 1 is 1.18 bits per heavy atom. The van der Waals surface area contributed by atoms with Crippen LogP contribution < -0.4 is 5.32 Å². The Balaban J connectivity index is 1.69. The number of aliphatic hydroxyl groups is 1. The maximum absolute atomic E-state index is 9.74. The van der Waals surface area contributed by atoms with E-state index < -0.39 is 0 Å². The van der Waals surface area contributed by atoms with E-state index in [-0.39, 0.29) is 0 Å². The summed E-state index contributed by atoms with van der Waals surface area (Å²) in [4.78, 5) is 2.77. The van der Waals surface area contributed by atoms with Crippen molar-refractivity contribution < 1.29 is 5.11 Å². The minimum absolute atomic E-state index is 0.296. The van der Waals surface area contributed by atoms with Crippen molar-refractivity contribution in [1.29, 1.82) is 0 Å². The van der Waals surface area contributed by atoms with E-state index in [9.17, 15) is 5.11 Å². The highest BCUT2D eigenvalue weighted by Gasteiger charge is 2.66. The molecule has 0 amide bonds. The van der Waals surface area contributed by atoms with Gasteiger partial charge in [0.05, 0.1) is 0 Å². The van der Waals surface area contributed by atoms with E-state index in [2.05, 4.69) is 34.5 Å². The zero-order valence-corrected chi connectivity index (χ0v) is 13.2. The molecule has 118 valence electrons. The predicted octanol–water partition coefficient (Wildman–Crippen LogP) is 2.75. The second kappa shape index (κ2) is 4.48. The number of hydrogen-bond donors (Lipinski definition) is 2. The number of aliphatic hydroxyl groups excluding tert-OH is 1. The van der Waals surface area contributed by atoms with Crippen LogP contribution in [0.5, 0.6) is 0 Å². The Labute approximate surface area is 132 Å². The number of hydrogen-bond acceptors (Lipinski definition) is 3. The van der Waals surface area contributed by atoms with E-state index >= 15 is 0 Å². The molecule has 4 atom stereocenters. The van der Waals surface area contributed by atoms with Crippen molar-refractivity contribution in [3.8, 4) is 0 Å². The van der Waals surface area contributed by atoms with E-state index in [1.54, 1.807) is 5.56 Å². The SMILES string of the molecule is OCC[C@@]12CCCN3CC[C@@]4(c5ccccc5N[C@H]4CC1)[C@H]32. The van der Waals surface area contributed by atoms with Gasteiger partial charge in [-0.25, -0.2) is 0 Å². The fourth-order valence-corrected chi connectivity index (χ4v) is 6.66. The molecule has 1 aromatic rings. The Hall–Kier alpha value is -1.06. The fourth-order valence-electron chi connectivity index (χ4n) is 6.66. The average molecular weight is 298 g/mol. The van der Waals surface area contributed by atoms with Crippen molar-refractivity contribution >= 4 is 5.69 Å². The molecule has 1 spiro atoms. The van der Waals surface area contributed by atoms with Crippen molar-refractivity contribution in [2.75, 3.05) is 25.0 Å². The van der Waals surface area contributed by atoms with Crippen LogP contribution in [0.3, 0.4) is 0 Å². The first-order valence-electron chi connectivity index (χ1n) is 9.01. The summed E-state index contributed by atoms with van der Waals surface area (Å²) in [5.74, 6) is 0. The lowest BCUT2D eigenvalue weighted by atomic mass is 9.52. The Bertz CT molecular complexity index is 599. The van der Waals surface area contributed by atoms with Crippen LogP contribution in [0.25, 0.3) is 0 Å². The summed E-state index contributed by atoms with van der Waals surface area (Å²) in [7, 11) is 0. The Kier molecular flexibility index (Phi) is 2.73. The third-order valence-corrected chi connectivity index (χ3v) is 7.29. The van der Waals surface area contributed by atoms with Gasteiger partial charge in [-0.05, 0) is 68.7 Å². The average Bonchev–Trinajstić information content (AvgIpc) is 3.09. The third kappa shape index (κ3) is 1.45. The number of nitrogens with one attached hydrogen (secondary N) is 1. The van der Waals surface area contributed by atoms with Crippen LogP contribution in [0.2, 0.25) is 0 Å². The van der Waals surface area contributed by atoms with Gasteiger partial charge < -0.3 is 10.4 Å². The van der Waals surface area contributed by atoms with Crippen molar-refractivity contribution in [2.24, 2.45) is 5.41 Å². The number of nitrogens with zero attached hydrogens (tertiary/aromatic N) is 1. The number of rotatable bonds is 2. The van der Waals surface area contributed by atoms with E-state index in [0.29, 0.717) is 29.5 Å². The van der Waals surface area contributed by atoms with Crippen LogP contribution >= 0.6 is 0 Å². The van der Waals surface area contributed by atoms with Crippen LogP contribution in [0.15, 0.2) is 24.3 Å². The molecule has 1 saturated carbocycles. The summed E-state index contributed by atoms with van der Waals surface area (Å²) in [5.41, 5.74) is 3.58. The smallest absolute Gasteiger partial charge is 0.0436 e. The van der Waals surface area contributed by atoms with E-state index in [1.165, 1.54) is 50.9 Å². The maximum Gasteiger partial charge on any atom is 0.0436 e. The molecule has 3 aliphatic heterocycles. The standard InChI is InChI=1S/C19H26N2O/c22-13-10-18-7-3-11-21-12-9-19(17(18)21)14-4-1-2-5-15(14)20-16(19)6-8-18/h1-2,4-5,16-17,20,22H,3,6-13H2/t16-,17+,18+,19-/m0/s1. The molecule has 5 rings (SSSR count). The lowest BCUT2D eigenvalue weighted by molar-refractivity contribution is -0.0422. The minimum atomic E-state index is 0.296. The second-order valence-electron chi connectivity index (χ2n) is 7.95. The van der Waals surface area contributed by atoms with Crippen molar-refractivity contribution in [2.45, 2.75) is 56.0 Å². The number of fused-ring (bicyclic) bond motifs is 1. The molecule has 0 bridgehead atoms. The molecular formula is C19H26N2O. The fraction of sp³-hybridized carbons (Fsp3) is 0.684. The first-order chi connectivity index (χ1) is 10.8. The summed E-state index contributed by atoms with van der Waals surface area (Å²) in [6.45, 7) is 2.85. The topological polar surface area (TPSA) is 35.5 Å². The zero-order chi connectivity index (χ0) is 14.8. The molecule has 3 heteroatoms. The highest BCUT2D eigenvalue weighted by atomic mass is 16.3. The molecule has 0 aromatic heterocycles. The molecule has 1 aliphatic carbocycles. The van der Waals surface area contributed by atoms with Crippen molar-refractivity contribution in [3.05, 3.63) is 29.8 Å². The largest absolute Gasteiger partial charge is 0.396 e.